The van der Waals surface area contributed by atoms with E-state index in [4.69, 9.17) is 11.6 Å². The van der Waals surface area contributed by atoms with Crippen LogP contribution in [-0.4, -0.2) is 6.29 Å². The molecule has 1 saturated carbocycles. The van der Waals surface area contributed by atoms with Gasteiger partial charge in [-0.15, -0.1) is 0 Å². The minimum Gasteiger partial charge on any atom is -0.303 e. The first-order chi connectivity index (χ1) is 6.29. The predicted octanol–water partition coefficient (Wildman–Crippen LogP) is 2.94. The molecule has 0 unspecified atom stereocenters. The van der Waals surface area contributed by atoms with E-state index in [1.807, 2.05) is 24.3 Å². The van der Waals surface area contributed by atoms with Gasteiger partial charge in [-0.3, -0.25) is 0 Å². The van der Waals surface area contributed by atoms with Gasteiger partial charge in [-0.25, -0.2) is 0 Å². The Labute approximate surface area is 82.0 Å². The molecule has 1 aliphatic carbocycles. The van der Waals surface area contributed by atoms with E-state index in [1.54, 1.807) is 0 Å². The van der Waals surface area contributed by atoms with Crippen molar-refractivity contribution in [1.29, 1.82) is 0 Å². The van der Waals surface area contributed by atoms with E-state index in [9.17, 15) is 4.79 Å². The molecule has 1 atom stereocenters. The summed E-state index contributed by atoms with van der Waals surface area (Å²) < 4.78 is 0. The summed E-state index contributed by atoms with van der Waals surface area (Å²) >= 11 is 5.74. The maximum absolute atomic E-state index is 10.4. The van der Waals surface area contributed by atoms with Crippen molar-refractivity contribution in [2.45, 2.75) is 6.42 Å². The Hall–Kier alpha value is -1.08. The van der Waals surface area contributed by atoms with Crippen molar-refractivity contribution < 1.29 is 4.79 Å². The molecule has 0 saturated heterocycles. The molecule has 0 radical (unpaired) electrons. The quantitative estimate of drug-likeness (QED) is 0.659. The fourth-order valence-corrected chi connectivity index (χ4v) is 1.40. The lowest BCUT2D eigenvalue weighted by Crippen LogP contribution is -1.73. The van der Waals surface area contributed by atoms with E-state index in [0.717, 1.165) is 23.3 Å². The fourth-order valence-electron chi connectivity index (χ4n) is 1.27. The van der Waals surface area contributed by atoms with Crippen LogP contribution in [0, 0.1) is 5.92 Å². The first-order valence-corrected chi connectivity index (χ1v) is 4.59. The minimum absolute atomic E-state index is 0.177. The van der Waals surface area contributed by atoms with Gasteiger partial charge in [-0.05, 0) is 24.1 Å². The number of hydrogen-bond donors (Lipinski definition) is 0. The highest BCUT2D eigenvalue weighted by Gasteiger charge is 2.28. The molecular formula is C11H9ClO. The van der Waals surface area contributed by atoms with Gasteiger partial charge in [-0.2, -0.15) is 0 Å². The number of halogens is 1. The first-order valence-electron chi connectivity index (χ1n) is 4.21. The molecule has 0 aliphatic heterocycles. The zero-order chi connectivity index (χ0) is 9.26. The molecule has 0 aromatic heterocycles. The second-order valence-electron chi connectivity index (χ2n) is 3.22. The molecule has 1 nitrogen and oxygen atoms in total. The molecule has 1 aromatic carbocycles. The number of rotatable bonds is 2. The summed E-state index contributed by atoms with van der Waals surface area (Å²) in [4.78, 5) is 10.4. The smallest absolute Gasteiger partial charge is 0.127 e. The molecule has 2 heteroatoms. The lowest BCUT2D eigenvalue weighted by molar-refractivity contribution is -0.108. The topological polar surface area (TPSA) is 17.1 Å². The van der Waals surface area contributed by atoms with Crippen LogP contribution in [0.15, 0.2) is 29.8 Å². The third-order valence-electron chi connectivity index (χ3n) is 2.16. The van der Waals surface area contributed by atoms with Crippen molar-refractivity contribution in [2.75, 3.05) is 0 Å². The van der Waals surface area contributed by atoms with Crippen LogP contribution < -0.4 is 0 Å². The monoisotopic (exact) mass is 192 g/mol. The van der Waals surface area contributed by atoms with E-state index < -0.39 is 0 Å². The Balaban J connectivity index is 2.15. The lowest BCUT2D eigenvalue weighted by Gasteiger charge is -1.91. The second-order valence-corrected chi connectivity index (χ2v) is 3.65. The zero-order valence-corrected chi connectivity index (χ0v) is 7.79. The van der Waals surface area contributed by atoms with Gasteiger partial charge in [0.05, 0.1) is 0 Å². The Kier molecular flexibility index (Phi) is 2.19. The standard InChI is InChI=1S/C11H9ClO/c12-11-3-1-8(2-4-11)5-9-6-10(9)7-13/h1-5,7,10H,6H2/b9-5+/t10-/m1/s1. The van der Waals surface area contributed by atoms with Crippen LogP contribution in [0.3, 0.4) is 0 Å². The number of hydrogen-bond acceptors (Lipinski definition) is 1. The number of benzene rings is 1. The van der Waals surface area contributed by atoms with Crippen molar-refractivity contribution in [3.05, 3.63) is 40.4 Å². The van der Waals surface area contributed by atoms with E-state index in [-0.39, 0.29) is 5.92 Å². The first kappa shape index (κ1) is 8.52. The average Bonchev–Trinajstić information content (AvgIpc) is 2.88. The normalized spacial score (nSPS) is 23.2. The summed E-state index contributed by atoms with van der Waals surface area (Å²) in [5.74, 6) is 0.177. The van der Waals surface area contributed by atoms with Crippen LogP contribution in [0.25, 0.3) is 6.08 Å². The largest absolute Gasteiger partial charge is 0.303 e. The molecule has 0 amide bonds. The van der Waals surface area contributed by atoms with E-state index in [0.29, 0.717) is 0 Å². The van der Waals surface area contributed by atoms with Gasteiger partial charge in [0.1, 0.15) is 6.29 Å². The van der Waals surface area contributed by atoms with Crippen LogP contribution in [0.1, 0.15) is 12.0 Å². The predicted molar refractivity (Wildman–Crippen MR) is 53.6 cm³/mol. The van der Waals surface area contributed by atoms with Gasteiger partial charge in [-0.1, -0.05) is 35.4 Å². The third kappa shape index (κ3) is 1.99. The Morgan fingerprint density at radius 1 is 1.31 bits per heavy atom. The third-order valence-corrected chi connectivity index (χ3v) is 2.41. The molecule has 0 N–H and O–H groups in total. The van der Waals surface area contributed by atoms with Crippen molar-refractivity contribution in [2.24, 2.45) is 5.92 Å². The molecule has 0 heterocycles. The zero-order valence-electron chi connectivity index (χ0n) is 7.03. The van der Waals surface area contributed by atoms with Crippen LogP contribution in [0.4, 0.5) is 0 Å². The van der Waals surface area contributed by atoms with E-state index >= 15 is 0 Å². The fraction of sp³-hybridized carbons (Fsp3) is 0.182. The Morgan fingerprint density at radius 3 is 2.54 bits per heavy atom. The minimum atomic E-state index is 0.177. The molecule has 1 fully saturated rings. The maximum Gasteiger partial charge on any atom is 0.127 e. The number of carbonyl (C=O) groups excluding carboxylic acids is 1. The van der Waals surface area contributed by atoms with Crippen LogP contribution >= 0.6 is 11.6 Å². The van der Waals surface area contributed by atoms with Gasteiger partial charge >= 0.3 is 0 Å². The summed E-state index contributed by atoms with van der Waals surface area (Å²) in [6, 6.07) is 7.61. The van der Waals surface area contributed by atoms with Crippen LogP contribution in [0.5, 0.6) is 0 Å². The van der Waals surface area contributed by atoms with E-state index in [1.165, 1.54) is 5.57 Å². The molecule has 13 heavy (non-hydrogen) atoms. The summed E-state index contributed by atoms with van der Waals surface area (Å²) in [5.41, 5.74) is 2.33. The molecule has 1 aliphatic rings. The van der Waals surface area contributed by atoms with Crippen LogP contribution in [0.2, 0.25) is 5.02 Å². The van der Waals surface area contributed by atoms with Gasteiger partial charge < -0.3 is 4.79 Å². The van der Waals surface area contributed by atoms with E-state index in [2.05, 4.69) is 6.08 Å². The lowest BCUT2D eigenvalue weighted by atomic mass is 10.2. The number of carbonyl (C=O) groups is 1. The van der Waals surface area contributed by atoms with Crippen LogP contribution in [-0.2, 0) is 4.79 Å². The highest BCUT2D eigenvalue weighted by Crippen LogP contribution is 2.37. The highest BCUT2D eigenvalue weighted by atomic mass is 35.5. The summed E-state index contributed by atoms with van der Waals surface area (Å²) in [6.07, 6.45) is 3.98. The highest BCUT2D eigenvalue weighted by molar-refractivity contribution is 6.30. The summed E-state index contributed by atoms with van der Waals surface area (Å²) in [5, 5.41) is 0.741. The number of aldehydes is 1. The number of allylic oxidation sites excluding steroid dienone is 1. The second kappa shape index (κ2) is 3.35. The summed E-state index contributed by atoms with van der Waals surface area (Å²) in [7, 11) is 0. The molecular weight excluding hydrogens is 184 g/mol. The average molecular weight is 193 g/mol. The van der Waals surface area contributed by atoms with Gasteiger partial charge in [0.2, 0.25) is 0 Å². The van der Waals surface area contributed by atoms with Gasteiger partial charge in [0.25, 0.3) is 0 Å². The van der Waals surface area contributed by atoms with Crippen molar-refractivity contribution in [3.63, 3.8) is 0 Å². The molecule has 2 rings (SSSR count). The molecule has 0 spiro atoms. The Morgan fingerprint density at radius 2 is 2.00 bits per heavy atom. The molecule has 66 valence electrons. The SMILES string of the molecule is O=C[C@H]1C/C1=C\c1ccc(Cl)cc1. The van der Waals surface area contributed by atoms with Crippen molar-refractivity contribution in [1.82, 2.24) is 0 Å². The van der Waals surface area contributed by atoms with Gasteiger partial charge in [0.15, 0.2) is 0 Å². The van der Waals surface area contributed by atoms with Crippen molar-refractivity contribution >= 4 is 24.0 Å². The van der Waals surface area contributed by atoms with Crippen molar-refractivity contribution in [3.8, 4) is 0 Å². The summed E-state index contributed by atoms with van der Waals surface area (Å²) in [6.45, 7) is 0. The molecule has 1 aromatic rings. The maximum atomic E-state index is 10.4. The van der Waals surface area contributed by atoms with Gasteiger partial charge in [0, 0.05) is 10.9 Å². The Bertz CT molecular complexity index is 351. The molecule has 0 bridgehead atoms.